The number of nitrogen functional groups attached to an aromatic ring is 1. The van der Waals surface area contributed by atoms with Gasteiger partial charge >= 0.3 is 0 Å². The fourth-order valence-corrected chi connectivity index (χ4v) is 3.35. The lowest BCUT2D eigenvalue weighted by Crippen LogP contribution is -2.31. The minimum Gasteiger partial charge on any atom is -0.397 e. The van der Waals surface area contributed by atoms with Crippen LogP contribution in [0.3, 0.4) is 0 Å². The molecule has 0 atom stereocenters. The molecule has 1 aromatic heterocycles. The first-order valence-corrected chi connectivity index (χ1v) is 7.71. The van der Waals surface area contributed by atoms with Crippen LogP contribution in [-0.4, -0.2) is 12.5 Å². The van der Waals surface area contributed by atoms with E-state index in [1.54, 1.807) is 4.90 Å². The van der Waals surface area contributed by atoms with Crippen LogP contribution in [0.25, 0.3) is 0 Å². The molecule has 2 rings (SSSR count). The number of nitrogens with two attached hydrogens (primary N) is 1. The highest BCUT2D eigenvalue weighted by Gasteiger charge is 2.21. The third kappa shape index (κ3) is 2.98. The number of anilines is 2. The number of carbonyl (C=O) groups excluding carboxylic acids is 1. The number of para-hydroxylation sites is 2. The highest BCUT2D eigenvalue weighted by molar-refractivity contribution is 9.10. The van der Waals surface area contributed by atoms with E-state index in [1.807, 2.05) is 42.6 Å². The smallest absolute Gasteiger partial charge is 0.269 e. The highest BCUT2D eigenvalue weighted by atomic mass is 79.9. The topological polar surface area (TPSA) is 46.3 Å². The summed E-state index contributed by atoms with van der Waals surface area (Å²) in [5.74, 6) is -0.0124. The van der Waals surface area contributed by atoms with Crippen LogP contribution in [0.15, 0.2) is 40.2 Å². The molecule has 0 saturated heterocycles. The zero-order chi connectivity index (χ0) is 13.8. The van der Waals surface area contributed by atoms with E-state index in [-0.39, 0.29) is 5.91 Å². The molecule has 0 spiro atoms. The van der Waals surface area contributed by atoms with E-state index in [0.29, 0.717) is 17.1 Å². The number of halogens is 1. The van der Waals surface area contributed by atoms with Gasteiger partial charge in [0.1, 0.15) is 4.88 Å². The van der Waals surface area contributed by atoms with Gasteiger partial charge in [-0.3, -0.25) is 4.79 Å². The fraction of sp³-hybridized carbons (Fsp3) is 0.214. The molecule has 0 aliphatic heterocycles. The van der Waals surface area contributed by atoms with E-state index < -0.39 is 0 Å². The van der Waals surface area contributed by atoms with Crippen LogP contribution in [0.1, 0.15) is 23.0 Å². The van der Waals surface area contributed by atoms with Crippen LogP contribution in [0.5, 0.6) is 0 Å². The average molecular weight is 339 g/mol. The number of carbonyl (C=O) groups is 1. The van der Waals surface area contributed by atoms with Crippen molar-refractivity contribution in [3.05, 3.63) is 45.1 Å². The third-order valence-corrected chi connectivity index (χ3v) is 4.56. The molecular formula is C14H15BrN2OS. The quantitative estimate of drug-likeness (QED) is 0.851. The van der Waals surface area contributed by atoms with Gasteiger partial charge in [-0.05, 0) is 45.9 Å². The molecule has 0 radical (unpaired) electrons. The third-order valence-electron chi connectivity index (χ3n) is 2.73. The molecule has 1 aromatic carbocycles. The number of amides is 1. The maximum Gasteiger partial charge on any atom is 0.269 e. The maximum absolute atomic E-state index is 12.6. The molecular weight excluding hydrogens is 324 g/mol. The molecule has 2 aromatic rings. The summed E-state index contributed by atoms with van der Waals surface area (Å²) in [5, 5.41) is 1.90. The van der Waals surface area contributed by atoms with Gasteiger partial charge < -0.3 is 10.6 Å². The van der Waals surface area contributed by atoms with Gasteiger partial charge in [-0.15, -0.1) is 11.3 Å². The van der Waals surface area contributed by atoms with Crippen molar-refractivity contribution in [2.45, 2.75) is 13.3 Å². The van der Waals surface area contributed by atoms with Crippen molar-refractivity contribution in [2.24, 2.45) is 0 Å². The predicted molar refractivity (Wildman–Crippen MR) is 84.8 cm³/mol. The molecule has 100 valence electrons. The van der Waals surface area contributed by atoms with Crippen molar-refractivity contribution in [1.29, 1.82) is 0 Å². The summed E-state index contributed by atoms with van der Waals surface area (Å²) in [6, 6.07) is 9.34. The van der Waals surface area contributed by atoms with Gasteiger partial charge in [-0.2, -0.15) is 0 Å². The van der Waals surface area contributed by atoms with Gasteiger partial charge in [0.25, 0.3) is 5.91 Å². The van der Waals surface area contributed by atoms with Gasteiger partial charge in [0.05, 0.1) is 11.4 Å². The Morgan fingerprint density at radius 1 is 1.37 bits per heavy atom. The first-order valence-electron chi connectivity index (χ1n) is 6.04. The number of nitrogens with zero attached hydrogens (tertiary/aromatic N) is 1. The van der Waals surface area contributed by atoms with E-state index in [1.165, 1.54) is 11.3 Å². The highest BCUT2D eigenvalue weighted by Crippen LogP contribution is 2.29. The Bertz CT molecular complexity index is 582. The second-order valence-electron chi connectivity index (χ2n) is 4.11. The van der Waals surface area contributed by atoms with Gasteiger partial charge in [0.15, 0.2) is 0 Å². The molecule has 0 unspecified atom stereocenters. The molecule has 0 fully saturated rings. The Balaban J connectivity index is 2.39. The number of rotatable bonds is 4. The average Bonchev–Trinajstić information content (AvgIpc) is 2.82. The van der Waals surface area contributed by atoms with Crippen molar-refractivity contribution in [3.63, 3.8) is 0 Å². The van der Waals surface area contributed by atoms with Crippen LogP contribution < -0.4 is 10.6 Å². The van der Waals surface area contributed by atoms with Crippen LogP contribution in [0, 0.1) is 0 Å². The van der Waals surface area contributed by atoms with Crippen molar-refractivity contribution in [1.82, 2.24) is 0 Å². The minimum atomic E-state index is -0.0124. The van der Waals surface area contributed by atoms with E-state index in [0.717, 1.165) is 16.6 Å². The molecule has 0 bridgehead atoms. The Morgan fingerprint density at radius 3 is 2.68 bits per heavy atom. The van der Waals surface area contributed by atoms with Crippen LogP contribution in [0.2, 0.25) is 0 Å². The molecule has 3 nitrogen and oxygen atoms in total. The Hall–Kier alpha value is -1.33. The summed E-state index contributed by atoms with van der Waals surface area (Å²) in [6.07, 6.45) is 0.878. The van der Waals surface area contributed by atoms with E-state index >= 15 is 0 Å². The van der Waals surface area contributed by atoms with Gasteiger partial charge in [-0.1, -0.05) is 19.1 Å². The number of thiophene rings is 1. The summed E-state index contributed by atoms with van der Waals surface area (Å²) in [7, 11) is 0. The summed E-state index contributed by atoms with van der Waals surface area (Å²) in [6.45, 7) is 2.69. The van der Waals surface area contributed by atoms with Crippen LogP contribution >= 0.6 is 27.3 Å². The van der Waals surface area contributed by atoms with Gasteiger partial charge in [0, 0.05) is 11.0 Å². The lowest BCUT2D eigenvalue weighted by atomic mass is 10.2. The molecule has 0 aliphatic rings. The van der Waals surface area contributed by atoms with Gasteiger partial charge in [-0.25, -0.2) is 0 Å². The normalized spacial score (nSPS) is 10.4. The van der Waals surface area contributed by atoms with Crippen LogP contribution in [0.4, 0.5) is 11.4 Å². The summed E-state index contributed by atoms with van der Waals surface area (Å²) >= 11 is 4.84. The largest absolute Gasteiger partial charge is 0.397 e. The van der Waals surface area contributed by atoms with E-state index in [4.69, 9.17) is 5.73 Å². The lowest BCUT2D eigenvalue weighted by Gasteiger charge is -2.23. The Labute approximate surface area is 125 Å². The Morgan fingerprint density at radius 2 is 2.11 bits per heavy atom. The maximum atomic E-state index is 12.6. The molecule has 1 heterocycles. The molecule has 1 amide bonds. The number of hydrogen-bond acceptors (Lipinski definition) is 3. The molecule has 5 heteroatoms. The first-order chi connectivity index (χ1) is 9.15. The number of hydrogen-bond donors (Lipinski definition) is 1. The van der Waals surface area contributed by atoms with Crippen molar-refractivity contribution >= 4 is 44.5 Å². The van der Waals surface area contributed by atoms with E-state index in [9.17, 15) is 4.79 Å². The van der Waals surface area contributed by atoms with Crippen molar-refractivity contribution < 1.29 is 4.79 Å². The standard InChI is InChI=1S/C14H15BrN2OS/c1-2-8-17(12-6-4-3-5-11(12)16)14(18)13-10(15)7-9-19-13/h3-7,9H,2,8,16H2,1H3. The summed E-state index contributed by atoms with van der Waals surface area (Å²) in [5.41, 5.74) is 7.37. The predicted octanol–water partition coefficient (Wildman–Crippen LogP) is 4.15. The van der Waals surface area contributed by atoms with Crippen molar-refractivity contribution in [2.75, 3.05) is 17.2 Å². The van der Waals surface area contributed by atoms with Gasteiger partial charge in [0.2, 0.25) is 0 Å². The first kappa shape index (κ1) is 14.1. The summed E-state index contributed by atoms with van der Waals surface area (Å²) < 4.78 is 0.832. The molecule has 0 aliphatic carbocycles. The second-order valence-corrected chi connectivity index (χ2v) is 5.88. The lowest BCUT2D eigenvalue weighted by molar-refractivity contribution is 0.0990. The van der Waals surface area contributed by atoms with E-state index in [2.05, 4.69) is 15.9 Å². The molecule has 0 saturated carbocycles. The monoisotopic (exact) mass is 338 g/mol. The van der Waals surface area contributed by atoms with Crippen LogP contribution in [-0.2, 0) is 0 Å². The zero-order valence-corrected chi connectivity index (χ0v) is 13.0. The number of benzene rings is 1. The van der Waals surface area contributed by atoms with Crippen molar-refractivity contribution in [3.8, 4) is 0 Å². The molecule has 19 heavy (non-hydrogen) atoms. The molecule has 2 N–H and O–H groups in total. The summed E-state index contributed by atoms with van der Waals surface area (Å²) in [4.78, 5) is 15.1. The second kappa shape index (κ2) is 6.21. The zero-order valence-electron chi connectivity index (χ0n) is 10.6. The fourth-order valence-electron chi connectivity index (χ4n) is 1.86. The minimum absolute atomic E-state index is 0.0124. The SMILES string of the molecule is CCCN(C(=O)c1sccc1Br)c1ccccc1N. The Kier molecular flexibility index (Phi) is 4.61.